The van der Waals surface area contributed by atoms with Crippen LogP contribution >= 0.6 is 27.3 Å². The second kappa shape index (κ2) is 5.84. The highest BCUT2D eigenvalue weighted by atomic mass is 79.9. The van der Waals surface area contributed by atoms with Crippen LogP contribution < -0.4 is 0 Å². The molecule has 0 atom stereocenters. The molecule has 0 saturated heterocycles. The molecule has 0 aliphatic rings. The minimum absolute atomic E-state index is 0.363. The van der Waals surface area contributed by atoms with Crippen molar-refractivity contribution in [3.63, 3.8) is 0 Å². The van der Waals surface area contributed by atoms with Crippen LogP contribution in [0.25, 0.3) is 10.6 Å². The molecule has 0 unspecified atom stereocenters. The largest absolute Gasteiger partial charge is 0.461 e. The summed E-state index contributed by atoms with van der Waals surface area (Å²) in [6.45, 7) is 6.23. The number of benzene rings is 1. The van der Waals surface area contributed by atoms with Crippen molar-refractivity contribution in [3.8, 4) is 10.6 Å². The standard InChI is InChI=1S/C14H14BrNO2S/c1-4-18-14(17)11-7-19-13(16-11)10-5-8(2)12(15)9(3)6-10/h5-7H,4H2,1-3H3. The molecule has 1 aromatic heterocycles. The van der Waals surface area contributed by atoms with Crippen molar-refractivity contribution in [2.24, 2.45) is 0 Å². The number of aromatic nitrogens is 1. The molecule has 0 fully saturated rings. The molecule has 0 amide bonds. The van der Waals surface area contributed by atoms with Gasteiger partial charge in [-0.15, -0.1) is 11.3 Å². The highest BCUT2D eigenvalue weighted by Crippen LogP contribution is 2.30. The second-order valence-electron chi connectivity index (χ2n) is 4.18. The predicted octanol–water partition coefficient (Wildman–Crippen LogP) is 4.37. The summed E-state index contributed by atoms with van der Waals surface area (Å²) >= 11 is 5.00. The fraction of sp³-hybridized carbons (Fsp3) is 0.286. The summed E-state index contributed by atoms with van der Waals surface area (Å²) in [4.78, 5) is 15.9. The van der Waals surface area contributed by atoms with E-state index in [2.05, 4.69) is 33.0 Å². The number of esters is 1. The van der Waals surface area contributed by atoms with E-state index in [1.54, 1.807) is 12.3 Å². The molecule has 0 aliphatic carbocycles. The molecule has 0 N–H and O–H groups in total. The number of carbonyl (C=O) groups excluding carboxylic acids is 1. The monoisotopic (exact) mass is 339 g/mol. The third kappa shape index (κ3) is 3.04. The topological polar surface area (TPSA) is 39.2 Å². The first-order chi connectivity index (χ1) is 9.02. The summed E-state index contributed by atoms with van der Waals surface area (Å²) < 4.78 is 6.05. The Bertz CT molecular complexity index is 599. The molecule has 100 valence electrons. The van der Waals surface area contributed by atoms with Crippen LogP contribution in [0.5, 0.6) is 0 Å². The number of halogens is 1. The molecule has 5 heteroatoms. The van der Waals surface area contributed by atoms with E-state index in [0.29, 0.717) is 12.3 Å². The Labute approximate surface area is 124 Å². The zero-order valence-electron chi connectivity index (χ0n) is 11.0. The molecule has 0 spiro atoms. The van der Waals surface area contributed by atoms with Crippen LogP contribution in [0.4, 0.5) is 0 Å². The normalized spacial score (nSPS) is 10.5. The first-order valence-corrected chi connectivity index (χ1v) is 7.60. The Balaban J connectivity index is 2.35. The van der Waals surface area contributed by atoms with Gasteiger partial charge < -0.3 is 4.74 Å². The predicted molar refractivity (Wildman–Crippen MR) is 80.7 cm³/mol. The molecule has 0 saturated carbocycles. The van der Waals surface area contributed by atoms with Crippen LogP contribution in [0.15, 0.2) is 22.0 Å². The molecule has 3 nitrogen and oxygen atoms in total. The molecule has 2 rings (SSSR count). The second-order valence-corrected chi connectivity index (χ2v) is 5.83. The average Bonchev–Trinajstić information content (AvgIpc) is 2.85. The lowest BCUT2D eigenvalue weighted by Gasteiger charge is -2.05. The van der Waals surface area contributed by atoms with Gasteiger partial charge in [0.15, 0.2) is 5.69 Å². The highest BCUT2D eigenvalue weighted by molar-refractivity contribution is 9.10. The number of nitrogens with zero attached hydrogens (tertiary/aromatic N) is 1. The third-order valence-corrected chi connectivity index (χ3v) is 4.81. The lowest BCUT2D eigenvalue weighted by atomic mass is 10.1. The summed E-state index contributed by atoms with van der Waals surface area (Å²) in [5.74, 6) is -0.365. The molecule has 2 aromatic rings. The number of rotatable bonds is 3. The van der Waals surface area contributed by atoms with Crippen LogP contribution in [0.3, 0.4) is 0 Å². The number of hydrogen-bond acceptors (Lipinski definition) is 4. The van der Waals surface area contributed by atoms with Crippen molar-refractivity contribution in [2.45, 2.75) is 20.8 Å². The zero-order valence-corrected chi connectivity index (χ0v) is 13.4. The van der Waals surface area contributed by atoms with Crippen LogP contribution in [0.2, 0.25) is 0 Å². The molecule has 19 heavy (non-hydrogen) atoms. The van der Waals surface area contributed by atoms with Gasteiger partial charge in [-0.3, -0.25) is 0 Å². The Hall–Kier alpha value is -1.20. The van der Waals surface area contributed by atoms with E-state index in [4.69, 9.17) is 4.74 Å². The summed E-state index contributed by atoms with van der Waals surface area (Å²) in [6, 6.07) is 4.12. The average molecular weight is 340 g/mol. The Kier molecular flexibility index (Phi) is 4.37. The molecular formula is C14H14BrNO2S. The Morgan fingerprint density at radius 3 is 2.58 bits per heavy atom. The van der Waals surface area contributed by atoms with E-state index >= 15 is 0 Å². The number of hydrogen-bond donors (Lipinski definition) is 0. The van der Waals surface area contributed by atoms with Crippen molar-refractivity contribution in [1.82, 2.24) is 4.98 Å². The van der Waals surface area contributed by atoms with Crippen molar-refractivity contribution in [1.29, 1.82) is 0 Å². The summed E-state index contributed by atoms with van der Waals surface area (Å²) in [6.07, 6.45) is 0. The first-order valence-electron chi connectivity index (χ1n) is 5.92. The van der Waals surface area contributed by atoms with Crippen LogP contribution in [-0.2, 0) is 4.74 Å². The van der Waals surface area contributed by atoms with Crippen molar-refractivity contribution < 1.29 is 9.53 Å². The minimum atomic E-state index is -0.365. The third-order valence-electron chi connectivity index (χ3n) is 2.67. The minimum Gasteiger partial charge on any atom is -0.461 e. The first kappa shape index (κ1) is 14.2. The SMILES string of the molecule is CCOC(=O)c1csc(-c2cc(C)c(Br)c(C)c2)n1. The molecule has 0 radical (unpaired) electrons. The Morgan fingerprint density at radius 2 is 2.00 bits per heavy atom. The lowest BCUT2D eigenvalue weighted by molar-refractivity contribution is 0.0520. The molecule has 0 bridgehead atoms. The number of aryl methyl sites for hydroxylation is 2. The van der Waals surface area contributed by atoms with Gasteiger partial charge in [0.05, 0.1) is 6.61 Å². The van der Waals surface area contributed by atoms with E-state index in [1.165, 1.54) is 11.3 Å². The maximum absolute atomic E-state index is 11.6. The van der Waals surface area contributed by atoms with Gasteiger partial charge in [0, 0.05) is 15.4 Å². The smallest absolute Gasteiger partial charge is 0.357 e. The van der Waals surface area contributed by atoms with Crippen LogP contribution in [0.1, 0.15) is 28.5 Å². The maximum Gasteiger partial charge on any atom is 0.357 e. The van der Waals surface area contributed by atoms with Gasteiger partial charge in [0.25, 0.3) is 0 Å². The van der Waals surface area contributed by atoms with Crippen molar-refractivity contribution in [3.05, 3.63) is 38.8 Å². The molecule has 1 heterocycles. The van der Waals surface area contributed by atoms with Gasteiger partial charge in [-0.05, 0) is 44.0 Å². The molecule has 0 aliphatic heterocycles. The molecular weight excluding hydrogens is 326 g/mol. The van der Waals surface area contributed by atoms with E-state index in [-0.39, 0.29) is 5.97 Å². The van der Waals surface area contributed by atoms with Gasteiger partial charge in [0.2, 0.25) is 0 Å². The van der Waals surface area contributed by atoms with Crippen molar-refractivity contribution >= 4 is 33.2 Å². The van der Waals surface area contributed by atoms with Gasteiger partial charge in [-0.2, -0.15) is 0 Å². The van der Waals surface area contributed by atoms with E-state index < -0.39 is 0 Å². The zero-order chi connectivity index (χ0) is 14.0. The van der Waals surface area contributed by atoms with E-state index in [9.17, 15) is 4.79 Å². The summed E-state index contributed by atoms with van der Waals surface area (Å²) in [7, 11) is 0. The maximum atomic E-state index is 11.6. The van der Waals surface area contributed by atoms with Crippen molar-refractivity contribution in [2.75, 3.05) is 6.61 Å². The fourth-order valence-corrected chi connectivity index (χ4v) is 2.78. The fourth-order valence-electron chi connectivity index (χ4n) is 1.77. The summed E-state index contributed by atoms with van der Waals surface area (Å²) in [5.41, 5.74) is 3.71. The summed E-state index contributed by atoms with van der Waals surface area (Å²) in [5, 5.41) is 2.57. The molecule has 1 aromatic carbocycles. The van der Waals surface area contributed by atoms with E-state index in [0.717, 1.165) is 26.2 Å². The van der Waals surface area contributed by atoms with E-state index in [1.807, 2.05) is 13.8 Å². The Morgan fingerprint density at radius 1 is 1.37 bits per heavy atom. The van der Waals surface area contributed by atoms with Gasteiger partial charge in [0.1, 0.15) is 5.01 Å². The van der Waals surface area contributed by atoms with Crippen LogP contribution in [0, 0.1) is 13.8 Å². The lowest BCUT2D eigenvalue weighted by Crippen LogP contribution is -2.04. The highest BCUT2D eigenvalue weighted by Gasteiger charge is 2.13. The quantitative estimate of drug-likeness (QED) is 0.779. The van der Waals surface area contributed by atoms with Gasteiger partial charge in [-0.1, -0.05) is 15.9 Å². The van der Waals surface area contributed by atoms with Gasteiger partial charge >= 0.3 is 5.97 Å². The number of ether oxygens (including phenoxy) is 1. The number of carbonyl (C=O) groups is 1. The number of thiazole rings is 1. The van der Waals surface area contributed by atoms with Crippen LogP contribution in [-0.4, -0.2) is 17.6 Å². The van der Waals surface area contributed by atoms with Gasteiger partial charge in [-0.25, -0.2) is 9.78 Å².